The summed E-state index contributed by atoms with van der Waals surface area (Å²) in [4.78, 5) is 12.3. The van der Waals surface area contributed by atoms with E-state index in [-0.39, 0.29) is 6.04 Å². The highest BCUT2D eigenvalue weighted by Crippen LogP contribution is 2.48. The summed E-state index contributed by atoms with van der Waals surface area (Å²) in [7, 11) is 0. The van der Waals surface area contributed by atoms with Gasteiger partial charge in [0.25, 0.3) is 0 Å². The summed E-state index contributed by atoms with van der Waals surface area (Å²) >= 11 is 5.80. The van der Waals surface area contributed by atoms with Crippen molar-refractivity contribution in [2.75, 3.05) is 5.88 Å². The molecule has 0 aromatic heterocycles. The van der Waals surface area contributed by atoms with Gasteiger partial charge in [0.2, 0.25) is 5.91 Å². The van der Waals surface area contributed by atoms with Crippen molar-refractivity contribution < 1.29 is 4.79 Å². The zero-order chi connectivity index (χ0) is 12.4. The smallest absolute Gasteiger partial charge is 0.223 e. The summed E-state index contributed by atoms with van der Waals surface area (Å²) in [5.74, 6) is 3.19. The molecule has 17 heavy (non-hydrogen) atoms. The Balaban J connectivity index is 1.87. The topological polar surface area (TPSA) is 29.1 Å². The molecule has 0 radical (unpaired) electrons. The first kappa shape index (κ1) is 13.2. The first-order valence-electron chi connectivity index (χ1n) is 6.98. The number of carbonyl (C=O) groups is 1. The van der Waals surface area contributed by atoms with Crippen molar-refractivity contribution >= 4 is 17.5 Å². The lowest BCUT2D eigenvalue weighted by Gasteiger charge is -2.26. The molecule has 2 bridgehead atoms. The molecule has 98 valence electrons. The van der Waals surface area contributed by atoms with E-state index < -0.39 is 0 Å². The average molecular weight is 258 g/mol. The van der Waals surface area contributed by atoms with E-state index >= 15 is 0 Å². The van der Waals surface area contributed by atoms with Crippen LogP contribution in [0, 0.1) is 23.7 Å². The SMILES string of the molecule is CC(C)C(CCCl)NC(=O)C1CC2CCC1C2. The molecule has 0 spiro atoms. The number of halogens is 1. The molecule has 2 rings (SSSR count). The molecule has 1 N–H and O–H groups in total. The molecule has 0 heterocycles. The van der Waals surface area contributed by atoms with Gasteiger partial charge >= 0.3 is 0 Å². The Morgan fingerprint density at radius 3 is 2.59 bits per heavy atom. The van der Waals surface area contributed by atoms with Crippen LogP contribution in [0.25, 0.3) is 0 Å². The number of alkyl halides is 1. The van der Waals surface area contributed by atoms with Crippen LogP contribution in [0.3, 0.4) is 0 Å². The summed E-state index contributed by atoms with van der Waals surface area (Å²) in [5.41, 5.74) is 0. The Labute approximate surface area is 109 Å². The zero-order valence-electron chi connectivity index (χ0n) is 10.9. The lowest BCUT2D eigenvalue weighted by Crippen LogP contribution is -2.43. The number of hydrogen-bond donors (Lipinski definition) is 1. The number of amides is 1. The summed E-state index contributed by atoms with van der Waals surface area (Å²) in [5, 5.41) is 3.22. The summed E-state index contributed by atoms with van der Waals surface area (Å²) in [6.45, 7) is 4.30. The van der Waals surface area contributed by atoms with Crippen LogP contribution in [-0.2, 0) is 4.79 Å². The van der Waals surface area contributed by atoms with Gasteiger partial charge in [0.1, 0.15) is 0 Å². The van der Waals surface area contributed by atoms with Gasteiger partial charge in [-0.05, 0) is 43.4 Å². The standard InChI is InChI=1S/C14H24ClNO/c1-9(2)13(5-6-15)16-14(17)12-8-10-3-4-11(12)7-10/h9-13H,3-8H2,1-2H3,(H,16,17). The number of carbonyl (C=O) groups excluding carboxylic acids is 1. The lowest BCUT2D eigenvalue weighted by molar-refractivity contribution is -0.127. The average Bonchev–Trinajstić information content (AvgIpc) is 2.89. The highest BCUT2D eigenvalue weighted by atomic mass is 35.5. The third-order valence-electron chi connectivity index (χ3n) is 4.63. The number of rotatable bonds is 5. The highest BCUT2D eigenvalue weighted by molar-refractivity contribution is 6.17. The Hall–Kier alpha value is -0.240. The fraction of sp³-hybridized carbons (Fsp3) is 0.929. The minimum atomic E-state index is 0.249. The second kappa shape index (κ2) is 5.60. The van der Waals surface area contributed by atoms with Crippen molar-refractivity contribution in [3.05, 3.63) is 0 Å². The molecule has 2 nitrogen and oxygen atoms in total. The maximum atomic E-state index is 12.3. The predicted molar refractivity (Wildman–Crippen MR) is 71.0 cm³/mol. The van der Waals surface area contributed by atoms with Gasteiger partial charge < -0.3 is 5.32 Å². The minimum Gasteiger partial charge on any atom is -0.353 e. The maximum absolute atomic E-state index is 12.3. The molecule has 2 saturated carbocycles. The van der Waals surface area contributed by atoms with E-state index in [9.17, 15) is 4.79 Å². The van der Waals surface area contributed by atoms with E-state index in [1.807, 2.05) is 0 Å². The van der Waals surface area contributed by atoms with Gasteiger partial charge in [0.15, 0.2) is 0 Å². The number of nitrogens with one attached hydrogen (secondary N) is 1. The predicted octanol–water partition coefficient (Wildman–Crippen LogP) is 3.19. The molecule has 2 aliphatic carbocycles. The van der Waals surface area contributed by atoms with Gasteiger partial charge in [-0.2, -0.15) is 0 Å². The van der Waals surface area contributed by atoms with E-state index in [0.29, 0.717) is 29.5 Å². The van der Waals surface area contributed by atoms with Gasteiger partial charge in [-0.25, -0.2) is 0 Å². The molecule has 0 aromatic rings. The monoisotopic (exact) mass is 257 g/mol. The van der Waals surface area contributed by atoms with Crippen LogP contribution in [-0.4, -0.2) is 17.8 Å². The first-order chi connectivity index (χ1) is 8.11. The van der Waals surface area contributed by atoms with Gasteiger partial charge in [0, 0.05) is 17.8 Å². The molecule has 0 aliphatic heterocycles. The highest BCUT2D eigenvalue weighted by Gasteiger charge is 2.43. The molecule has 2 fully saturated rings. The Morgan fingerprint density at radius 2 is 2.12 bits per heavy atom. The normalized spacial score (nSPS) is 33.1. The molecular weight excluding hydrogens is 234 g/mol. The summed E-state index contributed by atoms with van der Waals surface area (Å²) in [6.07, 6.45) is 5.92. The molecule has 3 heteroatoms. The van der Waals surface area contributed by atoms with Crippen LogP contribution in [0.2, 0.25) is 0 Å². The summed E-state index contributed by atoms with van der Waals surface area (Å²) < 4.78 is 0. The molecule has 4 atom stereocenters. The van der Waals surface area contributed by atoms with Gasteiger partial charge in [-0.3, -0.25) is 4.79 Å². The number of hydrogen-bond acceptors (Lipinski definition) is 1. The van der Waals surface area contributed by atoms with Gasteiger partial charge in [-0.15, -0.1) is 11.6 Å². The molecule has 1 amide bonds. The molecule has 4 unspecified atom stereocenters. The molecule has 0 aromatic carbocycles. The minimum absolute atomic E-state index is 0.249. The lowest BCUT2D eigenvalue weighted by atomic mass is 9.87. The van der Waals surface area contributed by atoms with E-state index in [4.69, 9.17) is 11.6 Å². The van der Waals surface area contributed by atoms with E-state index in [1.165, 1.54) is 19.3 Å². The first-order valence-corrected chi connectivity index (χ1v) is 7.51. The van der Waals surface area contributed by atoms with E-state index in [2.05, 4.69) is 19.2 Å². The maximum Gasteiger partial charge on any atom is 0.223 e. The molecule has 0 saturated heterocycles. The quantitative estimate of drug-likeness (QED) is 0.753. The third-order valence-corrected chi connectivity index (χ3v) is 4.85. The van der Waals surface area contributed by atoms with Crippen LogP contribution >= 0.6 is 11.6 Å². The summed E-state index contributed by atoms with van der Waals surface area (Å²) in [6, 6.07) is 0.249. The van der Waals surface area contributed by atoms with E-state index in [1.54, 1.807) is 0 Å². The van der Waals surface area contributed by atoms with Crippen LogP contribution in [0.4, 0.5) is 0 Å². The fourth-order valence-corrected chi connectivity index (χ4v) is 3.78. The van der Waals surface area contributed by atoms with Crippen LogP contribution in [0.1, 0.15) is 46.0 Å². The Kier molecular flexibility index (Phi) is 4.35. The second-order valence-corrected chi connectivity index (χ2v) is 6.50. The van der Waals surface area contributed by atoms with Crippen LogP contribution < -0.4 is 5.32 Å². The van der Waals surface area contributed by atoms with Crippen LogP contribution in [0.15, 0.2) is 0 Å². The van der Waals surface area contributed by atoms with Crippen molar-refractivity contribution in [3.8, 4) is 0 Å². The third kappa shape index (κ3) is 2.96. The molecule has 2 aliphatic rings. The van der Waals surface area contributed by atoms with Crippen molar-refractivity contribution in [3.63, 3.8) is 0 Å². The Morgan fingerprint density at radius 1 is 1.35 bits per heavy atom. The Bertz CT molecular complexity index is 279. The van der Waals surface area contributed by atoms with Gasteiger partial charge in [-0.1, -0.05) is 20.3 Å². The van der Waals surface area contributed by atoms with Crippen molar-refractivity contribution in [1.29, 1.82) is 0 Å². The zero-order valence-corrected chi connectivity index (χ0v) is 11.7. The number of fused-ring (bicyclic) bond motifs is 2. The molecular formula is C14H24ClNO. The van der Waals surface area contributed by atoms with E-state index in [0.717, 1.165) is 18.8 Å². The van der Waals surface area contributed by atoms with Crippen molar-refractivity contribution in [2.45, 2.75) is 52.0 Å². The largest absolute Gasteiger partial charge is 0.353 e. The van der Waals surface area contributed by atoms with Crippen molar-refractivity contribution in [2.24, 2.45) is 23.7 Å². The van der Waals surface area contributed by atoms with Crippen molar-refractivity contribution in [1.82, 2.24) is 5.32 Å². The fourth-order valence-electron chi connectivity index (χ4n) is 3.55. The van der Waals surface area contributed by atoms with Gasteiger partial charge in [0.05, 0.1) is 0 Å². The second-order valence-electron chi connectivity index (χ2n) is 6.12. The van der Waals surface area contributed by atoms with Crippen LogP contribution in [0.5, 0.6) is 0 Å².